The third-order valence-corrected chi connectivity index (χ3v) is 1.57. The summed E-state index contributed by atoms with van der Waals surface area (Å²) in [7, 11) is 0. The van der Waals surface area contributed by atoms with Gasteiger partial charge < -0.3 is 10.8 Å². The molecule has 0 aliphatic heterocycles. The third-order valence-electron chi connectivity index (χ3n) is 1.57. The van der Waals surface area contributed by atoms with Crippen molar-refractivity contribution in [3.63, 3.8) is 0 Å². The highest BCUT2D eigenvalue weighted by Crippen LogP contribution is 2.13. The number of hydrogen-bond donors (Lipinski definition) is 2. The quantitative estimate of drug-likeness (QED) is 0.681. The number of nitrogens with zero attached hydrogens (tertiary/aromatic N) is 1. The lowest BCUT2D eigenvalue weighted by molar-refractivity contribution is 0.0695. The summed E-state index contributed by atoms with van der Waals surface area (Å²) >= 11 is 0. The van der Waals surface area contributed by atoms with Crippen LogP contribution in [0.25, 0.3) is 0 Å². The molecule has 0 amide bonds. The number of aromatic carboxylic acids is 1. The summed E-state index contributed by atoms with van der Waals surface area (Å²) in [6.07, 6.45) is 2.92. The first-order chi connectivity index (χ1) is 5.63. The summed E-state index contributed by atoms with van der Waals surface area (Å²) in [4.78, 5) is 14.4. The largest absolute Gasteiger partial charge is 0.478 e. The minimum Gasteiger partial charge on any atom is -0.478 e. The second-order valence-corrected chi connectivity index (χ2v) is 2.56. The maximum Gasteiger partial charge on any atom is 0.336 e. The number of nitrogens with two attached hydrogens (primary N) is 1. The van der Waals surface area contributed by atoms with Gasteiger partial charge in [0.1, 0.15) is 0 Å². The molecule has 0 fully saturated rings. The Balaban J connectivity index is 3.17. The molecule has 1 atom stereocenters. The maximum absolute atomic E-state index is 10.6. The van der Waals surface area contributed by atoms with Crippen LogP contribution in [0.3, 0.4) is 0 Å². The molecular weight excluding hydrogens is 156 g/mol. The lowest BCUT2D eigenvalue weighted by Crippen LogP contribution is -2.11. The van der Waals surface area contributed by atoms with Gasteiger partial charge in [0, 0.05) is 24.0 Å². The fraction of sp³-hybridized carbons (Fsp3) is 0.250. The normalized spacial score (nSPS) is 12.5. The van der Waals surface area contributed by atoms with Crippen molar-refractivity contribution in [2.75, 3.05) is 0 Å². The third kappa shape index (κ3) is 1.60. The van der Waals surface area contributed by atoms with E-state index in [1.54, 1.807) is 6.92 Å². The number of rotatable bonds is 2. The van der Waals surface area contributed by atoms with Gasteiger partial charge in [0.2, 0.25) is 0 Å². The Morgan fingerprint density at radius 3 is 2.83 bits per heavy atom. The summed E-state index contributed by atoms with van der Waals surface area (Å²) in [6, 6.07) is 1.14. The average Bonchev–Trinajstić information content (AvgIpc) is 2.04. The average molecular weight is 166 g/mol. The summed E-state index contributed by atoms with van der Waals surface area (Å²) in [5.74, 6) is -0.968. The van der Waals surface area contributed by atoms with Gasteiger partial charge in [-0.05, 0) is 13.0 Å². The first kappa shape index (κ1) is 8.67. The predicted molar refractivity (Wildman–Crippen MR) is 43.8 cm³/mol. The van der Waals surface area contributed by atoms with Crippen LogP contribution in [-0.4, -0.2) is 16.1 Å². The van der Waals surface area contributed by atoms with E-state index in [-0.39, 0.29) is 11.6 Å². The molecule has 64 valence electrons. The van der Waals surface area contributed by atoms with Crippen LogP contribution >= 0.6 is 0 Å². The van der Waals surface area contributed by atoms with Crippen LogP contribution in [0.15, 0.2) is 18.5 Å². The van der Waals surface area contributed by atoms with Crippen molar-refractivity contribution in [2.45, 2.75) is 13.0 Å². The Morgan fingerprint density at radius 2 is 2.42 bits per heavy atom. The Labute approximate surface area is 70.0 Å². The Kier molecular flexibility index (Phi) is 2.40. The van der Waals surface area contributed by atoms with Gasteiger partial charge in [-0.3, -0.25) is 4.98 Å². The van der Waals surface area contributed by atoms with E-state index in [4.69, 9.17) is 10.8 Å². The zero-order valence-corrected chi connectivity index (χ0v) is 6.69. The molecule has 0 aliphatic rings. The minimum atomic E-state index is -0.968. The van der Waals surface area contributed by atoms with E-state index in [2.05, 4.69) is 4.98 Å². The summed E-state index contributed by atoms with van der Waals surface area (Å²) in [6.45, 7) is 1.73. The topological polar surface area (TPSA) is 76.2 Å². The molecule has 12 heavy (non-hydrogen) atoms. The van der Waals surface area contributed by atoms with Crippen molar-refractivity contribution < 1.29 is 9.90 Å². The molecule has 1 unspecified atom stereocenters. The lowest BCUT2D eigenvalue weighted by atomic mass is 10.1. The first-order valence-electron chi connectivity index (χ1n) is 3.55. The summed E-state index contributed by atoms with van der Waals surface area (Å²) in [5.41, 5.74) is 6.33. The fourth-order valence-corrected chi connectivity index (χ4v) is 0.964. The van der Waals surface area contributed by atoms with Crippen LogP contribution in [0.1, 0.15) is 28.9 Å². The molecular formula is C8H10N2O2. The zero-order valence-electron chi connectivity index (χ0n) is 6.69. The first-order valence-corrected chi connectivity index (χ1v) is 3.55. The van der Waals surface area contributed by atoms with Gasteiger partial charge >= 0.3 is 5.97 Å². The van der Waals surface area contributed by atoms with Gasteiger partial charge in [0.05, 0.1) is 5.56 Å². The number of aromatic nitrogens is 1. The number of hydrogen-bond acceptors (Lipinski definition) is 3. The summed E-state index contributed by atoms with van der Waals surface area (Å²) in [5, 5.41) is 8.73. The van der Waals surface area contributed by atoms with Crippen molar-refractivity contribution in [1.82, 2.24) is 4.98 Å². The molecule has 0 saturated heterocycles. The van der Waals surface area contributed by atoms with Gasteiger partial charge in [-0.2, -0.15) is 0 Å². The standard InChI is InChI=1S/C8H10N2O2/c1-5(9)7-4-10-3-2-6(7)8(11)12/h2-5H,9H2,1H3,(H,11,12). The van der Waals surface area contributed by atoms with Crippen LogP contribution in [0, 0.1) is 0 Å². The Bertz CT molecular complexity index is 297. The molecule has 4 nitrogen and oxygen atoms in total. The van der Waals surface area contributed by atoms with Gasteiger partial charge in [-0.1, -0.05) is 0 Å². The SMILES string of the molecule is CC(N)c1cnccc1C(=O)O. The fourth-order valence-electron chi connectivity index (χ4n) is 0.964. The molecule has 3 N–H and O–H groups in total. The van der Waals surface area contributed by atoms with E-state index in [0.29, 0.717) is 5.56 Å². The molecule has 1 rings (SSSR count). The van der Waals surface area contributed by atoms with E-state index in [1.807, 2.05) is 0 Å². The molecule has 4 heteroatoms. The monoisotopic (exact) mass is 166 g/mol. The molecule has 0 aliphatic carbocycles. The molecule has 0 saturated carbocycles. The second kappa shape index (κ2) is 3.32. The number of pyridine rings is 1. The van der Waals surface area contributed by atoms with E-state index < -0.39 is 5.97 Å². The lowest BCUT2D eigenvalue weighted by Gasteiger charge is -2.07. The molecule has 0 bridgehead atoms. The molecule has 0 aromatic carbocycles. The number of carbonyl (C=O) groups is 1. The van der Waals surface area contributed by atoms with Gasteiger partial charge in [0.15, 0.2) is 0 Å². The van der Waals surface area contributed by atoms with Crippen molar-refractivity contribution in [1.29, 1.82) is 0 Å². The minimum absolute atomic E-state index is 0.222. The highest BCUT2D eigenvalue weighted by molar-refractivity contribution is 5.89. The van der Waals surface area contributed by atoms with Crippen LogP contribution in [-0.2, 0) is 0 Å². The van der Waals surface area contributed by atoms with E-state index in [1.165, 1.54) is 18.5 Å². The van der Waals surface area contributed by atoms with Crippen LogP contribution in [0.4, 0.5) is 0 Å². The van der Waals surface area contributed by atoms with E-state index in [9.17, 15) is 4.79 Å². The van der Waals surface area contributed by atoms with Crippen LogP contribution in [0.2, 0.25) is 0 Å². The zero-order chi connectivity index (χ0) is 9.14. The van der Waals surface area contributed by atoms with Crippen molar-refractivity contribution in [3.05, 3.63) is 29.6 Å². The number of carboxylic acid groups (broad SMARTS) is 1. The molecule has 0 spiro atoms. The molecule has 1 aromatic heterocycles. The smallest absolute Gasteiger partial charge is 0.336 e. The highest BCUT2D eigenvalue weighted by Gasteiger charge is 2.11. The van der Waals surface area contributed by atoms with Gasteiger partial charge in [-0.15, -0.1) is 0 Å². The second-order valence-electron chi connectivity index (χ2n) is 2.56. The number of carboxylic acids is 1. The Morgan fingerprint density at radius 1 is 1.75 bits per heavy atom. The van der Waals surface area contributed by atoms with Gasteiger partial charge in [-0.25, -0.2) is 4.79 Å². The van der Waals surface area contributed by atoms with Crippen molar-refractivity contribution in [2.24, 2.45) is 5.73 Å². The predicted octanol–water partition coefficient (Wildman–Crippen LogP) is 0.800. The summed E-state index contributed by atoms with van der Waals surface area (Å²) < 4.78 is 0. The van der Waals surface area contributed by atoms with Crippen LogP contribution in [0.5, 0.6) is 0 Å². The Hall–Kier alpha value is -1.42. The van der Waals surface area contributed by atoms with Crippen molar-refractivity contribution >= 4 is 5.97 Å². The molecule has 1 heterocycles. The highest BCUT2D eigenvalue weighted by atomic mass is 16.4. The van der Waals surface area contributed by atoms with Crippen molar-refractivity contribution in [3.8, 4) is 0 Å². The van der Waals surface area contributed by atoms with Crippen LogP contribution < -0.4 is 5.73 Å². The van der Waals surface area contributed by atoms with E-state index >= 15 is 0 Å². The maximum atomic E-state index is 10.6. The van der Waals surface area contributed by atoms with E-state index in [0.717, 1.165) is 0 Å². The van der Waals surface area contributed by atoms with Gasteiger partial charge in [0.25, 0.3) is 0 Å². The molecule has 0 radical (unpaired) electrons. The molecule has 1 aromatic rings.